The van der Waals surface area contributed by atoms with Crippen molar-refractivity contribution in [1.82, 2.24) is 0 Å². The van der Waals surface area contributed by atoms with E-state index in [2.05, 4.69) is 40.7 Å². The van der Waals surface area contributed by atoms with E-state index in [-0.39, 0.29) is 0 Å². The van der Waals surface area contributed by atoms with Crippen LogP contribution in [0, 0.1) is 5.41 Å². The molecular weight excluding hydrogens is 96.1 g/mol. The normalized spacial score (nSPS) is 14.4. The van der Waals surface area contributed by atoms with Crippen LogP contribution in [0.2, 0.25) is 0 Å². The van der Waals surface area contributed by atoms with Crippen LogP contribution in [0.4, 0.5) is 0 Å². The number of hydrogen-bond acceptors (Lipinski definition) is 0. The fourth-order valence-corrected chi connectivity index (χ4v) is 0.433. The second-order valence-corrected chi connectivity index (χ2v) is 3.22. The molecule has 0 aromatic rings. The highest BCUT2D eigenvalue weighted by Crippen LogP contribution is 2.23. The van der Waals surface area contributed by atoms with Gasteiger partial charge in [-0.25, -0.2) is 0 Å². The summed E-state index contributed by atoms with van der Waals surface area (Å²) < 4.78 is 0. The van der Waals surface area contributed by atoms with E-state index in [1.54, 1.807) is 0 Å². The Bertz CT molecular complexity index is 91.1. The maximum atomic E-state index is 2.22. The molecular formula is C8H16. The first-order valence-electron chi connectivity index (χ1n) is 3.12. The van der Waals surface area contributed by atoms with Gasteiger partial charge in [-0.15, -0.1) is 0 Å². The molecule has 0 radical (unpaired) electrons. The van der Waals surface area contributed by atoms with Crippen LogP contribution in [-0.4, -0.2) is 0 Å². The van der Waals surface area contributed by atoms with Crippen molar-refractivity contribution in [3.63, 3.8) is 0 Å². The van der Waals surface area contributed by atoms with Gasteiger partial charge in [0.25, 0.3) is 0 Å². The third-order valence-electron chi connectivity index (χ3n) is 1.62. The Kier molecular flexibility index (Phi) is 2.26. The average molecular weight is 112 g/mol. The molecule has 0 bridgehead atoms. The Morgan fingerprint density at radius 3 is 1.62 bits per heavy atom. The Morgan fingerprint density at radius 1 is 1.25 bits per heavy atom. The van der Waals surface area contributed by atoms with Gasteiger partial charge in [0, 0.05) is 0 Å². The van der Waals surface area contributed by atoms with E-state index in [1.165, 1.54) is 5.57 Å². The van der Waals surface area contributed by atoms with Crippen molar-refractivity contribution in [1.29, 1.82) is 0 Å². The van der Waals surface area contributed by atoms with Gasteiger partial charge < -0.3 is 0 Å². The topological polar surface area (TPSA) is 0 Å². The Labute approximate surface area is 52.6 Å². The SMILES string of the molecule is C/C=C(/C)C(C)(C)C. The van der Waals surface area contributed by atoms with Gasteiger partial charge in [-0.05, 0) is 19.3 Å². The van der Waals surface area contributed by atoms with Gasteiger partial charge in [0.15, 0.2) is 0 Å². The molecule has 0 spiro atoms. The molecule has 0 atom stereocenters. The van der Waals surface area contributed by atoms with Crippen LogP contribution in [0.5, 0.6) is 0 Å². The first kappa shape index (κ1) is 7.74. The summed E-state index contributed by atoms with van der Waals surface area (Å²) in [4.78, 5) is 0. The van der Waals surface area contributed by atoms with E-state index in [9.17, 15) is 0 Å². The fraction of sp³-hybridized carbons (Fsp3) is 0.750. The summed E-state index contributed by atoms with van der Waals surface area (Å²) in [5.74, 6) is 0. The predicted molar refractivity (Wildman–Crippen MR) is 38.9 cm³/mol. The summed E-state index contributed by atoms with van der Waals surface area (Å²) in [6.07, 6.45) is 2.17. The molecule has 0 heteroatoms. The van der Waals surface area contributed by atoms with E-state index in [0.717, 1.165) is 0 Å². The average Bonchev–Trinajstić information content (AvgIpc) is 1.62. The van der Waals surface area contributed by atoms with Gasteiger partial charge in [0.2, 0.25) is 0 Å². The molecule has 48 valence electrons. The molecule has 0 aliphatic rings. The molecule has 0 aromatic carbocycles. The third-order valence-corrected chi connectivity index (χ3v) is 1.62. The molecule has 0 aliphatic heterocycles. The highest BCUT2D eigenvalue weighted by molar-refractivity contribution is 5.05. The minimum absolute atomic E-state index is 0.370. The summed E-state index contributed by atoms with van der Waals surface area (Å²) in [6, 6.07) is 0. The van der Waals surface area contributed by atoms with Gasteiger partial charge in [-0.2, -0.15) is 0 Å². The molecule has 0 fully saturated rings. The van der Waals surface area contributed by atoms with Gasteiger partial charge in [-0.1, -0.05) is 32.4 Å². The smallest absolute Gasteiger partial charge is 0.0176 e. The monoisotopic (exact) mass is 112 g/mol. The van der Waals surface area contributed by atoms with Gasteiger partial charge in [0.1, 0.15) is 0 Å². The highest BCUT2D eigenvalue weighted by atomic mass is 14.1. The summed E-state index contributed by atoms with van der Waals surface area (Å²) in [7, 11) is 0. The molecule has 0 aliphatic carbocycles. The standard InChI is InChI=1S/C8H16/c1-6-7(2)8(3,4)5/h6H,1-5H3/b7-6-. The molecule has 0 amide bonds. The van der Waals surface area contributed by atoms with Crippen molar-refractivity contribution in [2.45, 2.75) is 34.6 Å². The van der Waals surface area contributed by atoms with Gasteiger partial charge >= 0.3 is 0 Å². The summed E-state index contributed by atoms with van der Waals surface area (Å²) in [5, 5.41) is 0. The minimum atomic E-state index is 0.370. The number of allylic oxidation sites excluding steroid dienone is 2. The highest BCUT2D eigenvalue weighted by Gasteiger charge is 2.09. The zero-order valence-corrected chi connectivity index (χ0v) is 6.58. The van der Waals surface area contributed by atoms with Crippen LogP contribution in [0.15, 0.2) is 11.6 Å². The van der Waals surface area contributed by atoms with Crippen LogP contribution < -0.4 is 0 Å². The Balaban J connectivity index is 4.03. The lowest BCUT2D eigenvalue weighted by Gasteiger charge is -2.18. The lowest BCUT2D eigenvalue weighted by atomic mass is 9.88. The third kappa shape index (κ3) is 2.15. The maximum absolute atomic E-state index is 2.22. The molecule has 0 N–H and O–H groups in total. The zero-order chi connectivity index (χ0) is 6.78. The fourth-order valence-electron chi connectivity index (χ4n) is 0.433. The second kappa shape index (κ2) is 2.34. The van der Waals surface area contributed by atoms with E-state index >= 15 is 0 Å². The number of rotatable bonds is 0. The molecule has 0 aromatic heterocycles. The van der Waals surface area contributed by atoms with E-state index in [0.29, 0.717) is 5.41 Å². The van der Waals surface area contributed by atoms with Crippen LogP contribution in [-0.2, 0) is 0 Å². The summed E-state index contributed by atoms with van der Waals surface area (Å²) >= 11 is 0. The van der Waals surface area contributed by atoms with Crippen molar-refractivity contribution < 1.29 is 0 Å². The lowest BCUT2D eigenvalue weighted by Crippen LogP contribution is -2.05. The first-order chi connectivity index (χ1) is 3.48. The molecule has 0 saturated carbocycles. The van der Waals surface area contributed by atoms with Crippen LogP contribution in [0.3, 0.4) is 0 Å². The quantitative estimate of drug-likeness (QED) is 0.422. The van der Waals surface area contributed by atoms with E-state index in [4.69, 9.17) is 0 Å². The molecule has 8 heavy (non-hydrogen) atoms. The van der Waals surface area contributed by atoms with Crippen LogP contribution in [0.25, 0.3) is 0 Å². The Morgan fingerprint density at radius 2 is 1.62 bits per heavy atom. The largest absolute Gasteiger partial charge is 0.0882 e. The van der Waals surface area contributed by atoms with Crippen molar-refractivity contribution >= 4 is 0 Å². The molecule has 0 heterocycles. The molecule has 0 saturated heterocycles. The lowest BCUT2D eigenvalue weighted by molar-refractivity contribution is 0.503. The summed E-state index contributed by atoms with van der Waals surface area (Å²) in [6.45, 7) is 10.9. The van der Waals surface area contributed by atoms with E-state index in [1.807, 2.05) is 0 Å². The van der Waals surface area contributed by atoms with Crippen LogP contribution >= 0.6 is 0 Å². The molecule has 0 nitrogen and oxygen atoms in total. The van der Waals surface area contributed by atoms with Crippen molar-refractivity contribution in [3.8, 4) is 0 Å². The van der Waals surface area contributed by atoms with Gasteiger partial charge in [-0.3, -0.25) is 0 Å². The molecule has 0 rings (SSSR count). The predicted octanol–water partition coefficient (Wildman–Crippen LogP) is 3.00. The number of hydrogen-bond donors (Lipinski definition) is 0. The van der Waals surface area contributed by atoms with E-state index < -0.39 is 0 Å². The van der Waals surface area contributed by atoms with Crippen molar-refractivity contribution in [3.05, 3.63) is 11.6 Å². The Hall–Kier alpha value is -0.260. The minimum Gasteiger partial charge on any atom is -0.0882 e. The maximum Gasteiger partial charge on any atom is -0.0176 e. The summed E-state index contributed by atoms with van der Waals surface area (Å²) in [5.41, 5.74) is 1.83. The zero-order valence-electron chi connectivity index (χ0n) is 6.58. The van der Waals surface area contributed by atoms with Gasteiger partial charge in [0.05, 0.1) is 0 Å². The van der Waals surface area contributed by atoms with Crippen LogP contribution in [0.1, 0.15) is 34.6 Å². The van der Waals surface area contributed by atoms with Crippen molar-refractivity contribution in [2.75, 3.05) is 0 Å². The second-order valence-electron chi connectivity index (χ2n) is 3.22. The van der Waals surface area contributed by atoms with Crippen molar-refractivity contribution in [2.24, 2.45) is 5.41 Å². The molecule has 0 unspecified atom stereocenters. The first-order valence-corrected chi connectivity index (χ1v) is 3.12.